The highest BCUT2D eigenvalue weighted by atomic mass is 32.1. The van der Waals surface area contributed by atoms with Gasteiger partial charge in [-0.2, -0.15) is 0 Å². The molecule has 0 unspecified atom stereocenters. The Morgan fingerprint density at radius 1 is 1.12 bits per heavy atom. The van der Waals surface area contributed by atoms with Crippen LogP contribution in [0.15, 0.2) is 35.7 Å². The summed E-state index contributed by atoms with van der Waals surface area (Å²) < 4.78 is 10.7. The van der Waals surface area contributed by atoms with E-state index < -0.39 is 0 Å². The number of carbonyl (C=O) groups is 1. The van der Waals surface area contributed by atoms with E-state index in [0.29, 0.717) is 19.5 Å². The molecule has 2 aromatic rings. The molecule has 1 aromatic heterocycles. The van der Waals surface area contributed by atoms with Crippen molar-refractivity contribution in [2.45, 2.75) is 45.6 Å². The van der Waals surface area contributed by atoms with Crippen molar-refractivity contribution in [3.05, 3.63) is 46.2 Å². The third-order valence-electron chi connectivity index (χ3n) is 4.39. The largest absolute Gasteiger partial charge is 0.493 e. The van der Waals surface area contributed by atoms with Gasteiger partial charge in [-0.15, -0.1) is 11.3 Å². The Morgan fingerprint density at radius 3 is 2.58 bits per heavy atom. The predicted molar refractivity (Wildman–Crippen MR) is 107 cm³/mol. The van der Waals surface area contributed by atoms with E-state index in [-0.39, 0.29) is 5.91 Å². The number of unbranched alkanes of at least 4 members (excludes halogenated alkanes) is 2. The second kappa shape index (κ2) is 10.9. The molecule has 5 heteroatoms. The number of carbonyl (C=O) groups excluding carboxylic acids is 1. The molecule has 1 aromatic carbocycles. The van der Waals surface area contributed by atoms with Crippen LogP contribution in [-0.4, -0.2) is 31.6 Å². The van der Waals surface area contributed by atoms with Gasteiger partial charge in [-0.25, -0.2) is 0 Å². The zero-order chi connectivity index (χ0) is 18.8. The maximum absolute atomic E-state index is 12.7. The number of amides is 1. The minimum atomic E-state index is 0.243. The lowest BCUT2D eigenvalue weighted by atomic mass is 10.1. The van der Waals surface area contributed by atoms with Crippen molar-refractivity contribution >= 4 is 17.2 Å². The molecule has 0 aliphatic rings. The second-order valence-corrected chi connectivity index (χ2v) is 7.32. The van der Waals surface area contributed by atoms with Crippen LogP contribution in [-0.2, 0) is 17.8 Å². The fourth-order valence-electron chi connectivity index (χ4n) is 2.87. The van der Waals surface area contributed by atoms with Crippen molar-refractivity contribution in [3.63, 3.8) is 0 Å². The van der Waals surface area contributed by atoms with Crippen LogP contribution in [0.1, 0.15) is 43.0 Å². The van der Waals surface area contributed by atoms with E-state index in [0.717, 1.165) is 42.7 Å². The smallest absolute Gasteiger partial charge is 0.222 e. The number of hydrogen-bond acceptors (Lipinski definition) is 4. The molecule has 2 rings (SSSR count). The van der Waals surface area contributed by atoms with Crippen molar-refractivity contribution in [2.75, 3.05) is 20.8 Å². The van der Waals surface area contributed by atoms with Crippen LogP contribution in [0, 0.1) is 0 Å². The van der Waals surface area contributed by atoms with Gasteiger partial charge in [-0.1, -0.05) is 31.9 Å². The molecule has 0 atom stereocenters. The third-order valence-corrected chi connectivity index (χ3v) is 5.25. The summed E-state index contributed by atoms with van der Waals surface area (Å²) >= 11 is 1.70. The summed E-state index contributed by atoms with van der Waals surface area (Å²) in [5, 5.41) is 2.06. The van der Waals surface area contributed by atoms with Crippen LogP contribution >= 0.6 is 11.3 Å². The first-order valence-corrected chi connectivity index (χ1v) is 10.1. The van der Waals surface area contributed by atoms with Crippen molar-refractivity contribution < 1.29 is 14.3 Å². The number of thiophene rings is 1. The van der Waals surface area contributed by atoms with Gasteiger partial charge in [-0.3, -0.25) is 4.79 Å². The van der Waals surface area contributed by atoms with E-state index in [4.69, 9.17) is 9.47 Å². The van der Waals surface area contributed by atoms with E-state index >= 15 is 0 Å². The molecule has 0 saturated carbocycles. The van der Waals surface area contributed by atoms with Gasteiger partial charge in [0.25, 0.3) is 0 Å². The summed E-state index contributed by atoms with van der Waals surface area (Å²) in [7, 11) is 3.28. The van der Waals surface area contributed by atoms with Gasteiger partial charge in [-0.05, 0) is 42.0 Å². The Kier molecular flexibility index (Phi) is 8.48. The molecule has 1 heterocycles. The first-order chi connectivity index (χ1) is 12.7. The number of benzene rings is 1. The molecule has 4 nitrogen and oxygen atoms in total. The molecule has 0 bridgehead atoms. The first-order valence-electron chi connectivity index (χ1n) is 9.19. The highest BCUT2D eigenvalue weighted by Crippen LogP contribution is 2.28. The summed E-state index contributed by atoms with van der Waals surface area (Å²) in [4.78, 5) is 15.9. The van der Waals surface area contributed by atoms with Crippen LogP contribution in [0.3, 0.4) is 0 Å². The fraction of sp³-hybridized carbons (Fsp3) is 0.476. The molecule has 0 spiro atoms. The highest BCUT2D eigenvalue weighted by Gasteiger charge is 2.15. The van der Waals surface area contributed by atoms with Gasteiger partial charge in [0.2, 0.25) is 5.91 Å². The molecular weight excluding hydrogens is 346 g/mol. The number of ether oxygens (including phenoxy) is 2. The van der Waals surface area contributed by atoms with E-state index in [9.17, 15) is 4.79 Å². The van der Waals surface area contributed by atoms with Crippen LogP contribution in [0.2, 0.25) is 0 Å². The molecule has 0 fully saturated rings. The zero-order valence-corrected chi connectivity index (χ0v) is 16.8. The topological polar surface area (TPSA) is 38.8 Å². The normalized spacial score (nSPS) is 10.6. The van der Waals surface area contributed by atoms with Crippen LogP contribution < -0.4 is 9.47 Å². The lowest BCUT2D eigenvalue weighted by Crippen LogP contribution is -2.32. The van der Waals surface area contributed by atoms with Gasteiger partial charge in [0.05, 0.1) is 20.8 Å². The molecule has 0 N–H and O–H groups in total. The van der Waals surface area contributed by atoms with Crippen LogP contribution in [0.25, 0.3) is 0 Å². The molecule has 0 saturated heterocycles. The Balaban J connectivity index is 2.02. The van der Waals surface area contributed by atoms with E-state index in [1.165, 1.54) is 4.88 Å². The summed E-state index contributed by atoms with van der Waals surface area (Å²) in [6, 6.07) is 10.1. The molecular formula is C21H29NO3S. The van der Waals surface area contributed by atoms with E-state index in [1.54, 1.807) is 25.6 Å². The predicted octanol–water partition coefficient (Wildman–Crippen LogP) is 4.92. The Morgan fingerprint density at radius 2 is 1.92 bits per heavy atom. The molecule has 142 valence electrons. The maximum atomic E-state index is 12.7. The van der Waals surface area contributed by atoms with Gasteiger partial charge >= 0.3 is 0 Å². The first kappa shape index (κ1) is 20.3. The molecule has 0 radical (unpaired) electrons. The van der Waals surface area contributed by atoms with E-state index in [2.05, 4.69) is 18.4 Å². The van der Waals surface area contributed by atoms with Crippen LogP contribution in [0.4, 0.5) is 0 Å². The van der Waals surface area contributed by atoms with Crippen LogP contribution in [0.5, 0.6) is 11.5 Å². The fourth-order valence-corrected chi connectivity index (χ4v) is 3.59. The highest BCUT2D eigenvalue weighted by molar-refractivity contribution is 7.09. The number of rotatable bonds is 11. The summed E-state index contributed by atoms with van der Waals surface area (Å²) in [5.74, 6) is 1.69. The monoisotopic (exact) mass is 375 g/mol. The van der Waals surface area contributed by atoms with Crippen molar-refractivity contribution in [1.29, 1.82) is 0 Å². The second-order valence-electron chi connectivity index (χ2n) is 6.29. The Labute approximate surface area is 160 Å². The van der Waals surface area contributed by atoms with Gasteiger partial charge in [0.1, 0.15) is 0 Å². The summed E-state index contributed by atoms with van der Waals surface area (Å²) in [5.41, 5.74) is 1.14. The van der Waals surface area contributed by atoms with Gasteiger partial charge in [0, 0.05) is 17.8 Å². The van der Waals surface area contributed by atoms with Gasteiger partial charge < -0.3 is 14.4 Å². The molecule has 0 aliphatic carbocycles. The van der Waals surface area contributed by atoms with Gasteiger partial charge in [0.15, 0.2) is 11.5 Å². The molecule has 26 heavy (non-hydrogen) atoms. The lowest BCUT2D eigenvalue weighted by Gasteiger charge is -2.22. The standard InChI is InChI=1S/C21H29NO3S/c1-4-5-6-9-21(23)22(16-18-8-7-14-26-18)13-12-17-10-11-19(24-2)20(15-17)25-3/h7-8,10-11,14-15H,4-6,9,12-13,16H2,1-3H3. The average Bonchev–Trinajstić information content (AvgIpc) is 3.18. The van der Waals surface area contributed by atoms with Crippen molar-refractivity contribution in [1.82, 2.24) is 4.90 Å². The quantitative estimate of drug-likeness (QED) is 0.524. The SMILES string of the molecule is CCCCCC(=O)N(CCc1ccc(OC)c(OC)c1)Cc1cccs1. The maximum Gasteiger partial charge on any atom is 0.222 e. The zero-order valence-electron chi connectivity index (χ0n) is 16.0. The lowest BCUT2D eigenvalue weighted by molar-refractivity contribution is -0.131. The Hall–Kier alpha value is -2.01. The number of methoxy groups -OCH3 is 2. The molecule has 1 amide bonds. The summed E-state index contributed by atoms with van der Waals surface area (Å²) in [6.45, 7) is 3.55. The van der Waals surface area contributed by atoms with Crippen molar-refractivity contribution in [3.8, 4) is 11.5 Å². The number of hydrogen-bond donors (Lipinski definition) is 0. The number of nitrogens with zero attached hydrogens (tertiary/aromatic N) is 1. The minimum absolute atomic E-state index is 0.243. The average molecular weight is 376 g/mol. The third kappa shape index (κ3) is 6.06. The van der Waals surface area contributed by atoms with Crippen molar-refractivity contribution in [2.24, 2.45) is 0 Å². The molecule has 0 aliphatic heterocycles. The summed E-state index contributed by atoms with van der Waals surface area (Å²) in [6.07, 6.45) is 4.63. The minimum Gasteiger partial charge on any atom is -0.493 e. The van der Waals surface area contributed by atoms with E-state index in [1.807, 2.05) is 29.2 Å². The Bertz CT molecular complexity index is 670.